The molecule has 9 nitrogen and oxygen atoms in total. The molecule has 4 aromatic rings. The third-order valence-corrected chi connectivity index (χ3v) is 4.98. The normalized spacial score (nSPS) is 10.4. The van der Waals surface area contributed by atoms with Crippen LogP contribution in [0.3, 0.4) is 0 Å². The number of carbonyl (C=O) groups excluding carboxylic acids is 2. The van der Waals surface area contributed by atoms with Crippen molar-refractivity contribution in [3.8, 4) is 0 Å². The highest BCUT2D eigenvalue weighted by molar-refractivity contribution is 6.33. The van der Waals surface area contributed by atoms with Gasteiger partial charge in [-0.2, -0.15) is 5.10 Å². The van der Waals surface area contributed by atoms with Gasteiger partial charge in [-0.05, 0) is 35.9 Å². The molecular formula is C23H18ClF2N5O4. The molecule has 2 heterocycles. The standard InChI is InChI=1S/C17H12F2N4O4.C6H6ClN/c1-8(24)14-5-13(22-15-10(17(26)27)7-21-23(14)15)16(25)20-6-9-2-3-11(18)12(19)4-9;7-5-3-1-2-4-6(5)8/h2-5,7H,6H2,1H3,(H,20,25)(H,26,27);1-4H,8H2. The molecule has 0 spiro atoms. The summed E-state index contributed by atoms with van der Waals surface area (Å²) < 4.78 is 27.2. The van der Waals surface area contributed by atoms with Crippen molar-refractivity contribution in [3.05, 3.63) is 93.9 Å². The highest BCUT2D eigenvalue weighted by Gasteiger charge is 2.20. The largest absolute Gasteiger partial charge is 0.477 e. The number of anilines is 1. The second kappa shape index (κ2) is 10.7. The minimum atomic E-state index is -1.31. The first-order chi connectivity index (χ1) is 16.6. The lowest BCUT2D eigenvalue weighted by Crippen LogP contribution is -2.25. The summed E-state index contributed by atoms with van der Waals surface area (Å²) in [4.78, 5) is 39.4. The second-order valence-electron chi connectivity index (χ2n) is 7.13. The number of nitrogens with two attached hydrogens (primary N) is 1. The molecule has 0 atom stereocenters. The molecule has 0 aliphatic carbocycles. The average molecular weight is 502 g/mol. The minimum absolute atomic E-state index is 0.0227. The lowest BCUT2D eigenvalue weighted by molar-refractivity contribution is 0.0697. The number of Topliss-reactive ketones (excluding diaryl/α,β-unsaturated/α-hetero) is 1. The summed E-state index contributed by atoms with van der Waals surface area (Å²) in [6.07, 6.45) is 1.03. The van der Waals surface area contributed by atoms with Crippen molar-refractivity contribution in [2.45, 2.75) is 13.5 Å². The molecule has 0 saturated heterocycles. The number of amides is 1. The molecule has 2 aromatic heterocycles. The molecule has 0 bridgehead atoms. The first-order valence-corrected chi connectivity index (χ1v) is 10.3. The van der Waals surface area contributed by atoms with E-state index in [9.17, 15) is 28.3 Å². The van der Waals surface area contributed by atoms with Gasteiger partial charge in [0.15, 0.2) is 23.1 Å². The molecule has 4 N–H and O–H groups in total. The van der Waals surface area contributed by atoms with Gasteiger partial charge in [-0.15, -0.1) is 0 Å². The van der Waals surface area contributed by atoms with E-state index in [1.165, 1.54) is 19.1 Å². The SMILES string of the molecule is CC(=O)c1cc(C(=O)NCc2ccc(F)c(F)c2)nc2c(C(=O)O)cnn12.Nc1ccccc1Cl. The third kappa shape index (κ3) is 5.95. The number of aromatic nitrogens is 3. The number of fused-ring (bicyclic) bond motifs is 1. The van der Waals surface area contributed by atoms with Crippen molar-refractivity contribution in [1.29, 1.82) is 0 Å². The van der Waals surface area contributed by atoms with Gasteiger partial charge in [0, 0.05) is 13.5 Å². The van der Waals surface area contributed by atoms with Gasteiger partial charge < -0.3 is 16.2 Å². The number of carboxylic acids is 1. The first kappa shape index (κ1) is 25.2. The average Bonchev–Trinajstić information content (AvgIpc) is 3.25. The van der Waals surface area contributed by atoms with Crippen molar-refractivity contribution in [2.24, 2.45) is 0 Å². The van der Waals surface area contributed by atoms with E-state index in [1.807, 2.05) is 12.1 Å². The highest BCUT2D eigenvalue weighted by atomic mass is 35.5. The Kier molecular flexibility index (Phi) is 7.72. The van der Waals surface area contributed by atoms with Gasteiger partial charge >= 0.3 is 5.97 Å². The summed E-state index contributed by atoms with van der Waals surface area (Å²) >= 11 is 5.58. The van der Waals surface area contributed by atoms with Crippen LogP contribution in [0.25, 0.3) is 5.65 Å². The van der Waals surface area contributed by atoms with E-state index < -0.39 is 29.3 Å². The summed E-state index contributed by atoms with van der Waals surface area (Å²) in [5, 5.41) is 16.1. The number of carboxylic acid groups (broad SMARTS) is 1. The number of nitrogens with zero attached hydrogens (tertiary/aromatic N) is 3. The fourth-order valence-electron chi connectivity index (χ4n) is 2.88. The molecular weight excluding hydrogens is 484 g/mol. The van der Waals surface area contributed by atoms with E-state index >= 15 is 0 Å². The Hall–Kier alpha value is -4.38. The van der Waals surface area contributed by atoms with Crippen molar-refractivity contribution in [2.75, 3.05) is 5.73 Å². The fraction of sp³-hybridized carbons (Fsp3) is 0.0870. The predicted molar refractivity (Wildman–Crippen MR) is 123 cm³/mol. The van der Waals surface area contributed by atoms with Crippen LogP contribution in [-0.2, 0) is 6.54 Å². The Morgan fingerprint density at radius 1 is 1.11 bits per heavy atom. The third-order valence-electron chi connectivity index (χ3n) is 4.64. The Labute approximate surface area is 202 Å². The molecule has 4 rings (SSSR count). The number of para-hydroxylation sites is 1. The summed E-state index contributed by atoms with van der Waals surface area (Å²) in [5.74, 6) is -4.54. The number of benzene rings is 2. The van der Waals surface area contributed by atoms with Crippen LogP contribution in [0.5, 0.6) is 0 Å². The van der Waals surface area contributed by atoms with E-state index in [0.717, 1.165) is 22.8 Å². The molecule has 0 unspecified atom stereocenters. The van der Waals surface area contributed by atoms with Crippen LogP contribution in [0.4, 0.5) is 14.5 Å². The van der Waals surface area contributed by atoms with Crippen LogP contribution in [0.15, 0.2) is 54.7 Å². The maximum absolute atomic E-state index is 13.2. The molecule has 35 heavy (non-hydrogen) atoms. The quantitative estimate of drug-likeness (QED) is 0.279. The number of rotatable bonds is 5. The molecule has 180 valence electrons. The predicted octanol–water partition coefficient (Wildman–Crippen LogP) is 3.76. The van der Waals surface area contributed by atoms with Gasteiger partial charge in [0.2, 0.25) is 0 Å². The van der Waals surface area contributed by atoms with E-state index in [4.69, 9.17) is 17.3 Å². The van der Waals surface area contributed by atoms with E-state index in [0.29, 0.717) is 16.3 Å². The molecule has 0 radical (unpaired) electrons. The molecule has 2 aromatic carbocycles. The van der Waals surface area contributed by atoms with Crippen LogP contribution in [0.1, 0.15) is 43.8 Å². The maximum Gasteiger partial charge on any atom is 0.341 e. The van der Waals surface area contributed by atoms with Gasteiger partial charge in [-0.3, -0.25) is 9.59 Å². The Bertz CT molecular complexity index is 1420. The number of nitrogen functional groups attached to an aromatic ring is 1. The summed E-state index contributed by atoms with van der Waals surface area (Å²) in [5.41, 5.74) is 5.67. The number of halogens is 3. The van der Waals surface area contributed by atoms with Gasteiger partial charge in [-0.1, -0.05) is 29.8 Å². The molecule has 0 aliphatic heterocycles. The Morgan fingerprint density at radius 2 is 1.83 bits per heavy atom. The smallest absolute Gasteiger partial charge is 0.341 e. The Morgan fingerprint density at radius 3 is 2.40 bits per heavy atom. The topological polar surface area (TPSA) is 140 Å². The zero-order chi connectivity index (χ0) is 25.7. The van der Waals surface area contributed by atoms with Crippen molar-refractivity contribution in [1.82, 2.24) is 19.9 Å². The molecule has 0 aliphatic rings. The van der Waals surface area contributed by atoms with Crippen LogP contribution in [0.2, 0.25) is 5.02 Å². The van der Waals surface area contributed by atoms with Gasteiger partial charge in [0.1, 0.15) is 17.0 Å². The highest BCUT2D eigenvalue weighted by Crippen LogP contribution is 2.16. The fourth-order valence-corrected chi connectivity index (χ4v) is 3.01. The van der Waals surface area contributed by atoms with Gasteiger partial charge in [-0.25, -0.2) is 23.1 Å². The van der Waals surface area contributed by atoms with Crippen LogP contribution in [0, 0.1) is 11.6 Å². The Balaban J connectivity index is 0.000000363. The monoisotopic (exact) mass is 501 g/mol. The van der Waals surface area contributed by atoms with Gasteiger partial charge in [0.25, 0.3) is 5.91 Å². The van der Waals surface area contributed by atoms with Crippen molar-refractivity contribution >= 4 is 40.6 Å². The van der Waals surface area contributed by atoms with Crippen LogP contribution < -0.4 is 11.1 Å². The number of aromatic carboxylic acids is 1. The summed E-state index contributed by atoms with van der Waals surface area (Å²) in [7, 11) is 0. The van der Waals surface area contributed by atoms with Crippen LogP contribution >= 0.6 is 11.6 Å². The van der Waals surface area contributed by atoms with E-state index in [1.54, 1.807) is 12.1 Å². The lowest BCUT2D eigenvalue weighted by Gasteiger charge is -2.08. The van der Waals surface area contributed by atoms with Crippen molar-refractivity contribution in [3.63, 3.8) is 0 Å². The van der Waals surface area contributed by atoms with Crippen LogP contribution in [-0.4, -0.2) is 37.4 Å². The zero-order valence-electron chi connectivity index (χ0n) is 18.1. The first-order valence-electron chi connectivity index (χ1n) is 9.93. The molecule has 12 heteroatoms. The van der Waals surface area contributed by atoms with Gasteiger partial charge in [0.05, 0.1) is 16.9 Å². The number of carbonyl (C=O) groups is 3. The van der Waals surface area contributed by atoms with E-state index in [2.05, 4.69) is 15.4 Å². The molecule has 0 fully saturated rings. The molecule has 0 saturated carbocycles. The number of hydrogen-bond donors (Lipinski definition) is 3. The number of hydrogen-bond acceptors (Lipinski definition) is 6. The number of nitrogens with one attached hydrogen (secondary N) is 1. The second-order valence-corrected chi connectivity index (χ2v) is 7.54. The summed E-state index contributed by atoms with van der Waals surface area (Å²) in [6, 6.07) is 11.6. The minimum Gasteiger partial charge on any atom is -0.477 e. The number of ketones is 1. The van der Waals surface area contributed by atoms with Crippen molar-refractivity contribution < 1.29 is 28.3 Å². The maximum atomic E-state index is 13.2. The van der Waals surface area contributed by atoms with E-state index in [-0.39, 0.29) is 29.1 Å². The molecule has 1 amide bonds. The zero-order valence-corrected chi connectivity index (χ0v) is 18.9. The lowest BCUT2D eigenvalue weighted by atomic mass is 10.2. The summed E-state index contributed by atoms with van der Waals surface area (Å²) in [6.45, 7) is 1.11.